The molecular formula is C24H20N2OS2. The van der Waals surface area contributed by atoms with Gasteiger partial charge in [-0.3, -0.25) is 4.79 Å². The fourth-order valence-electron chi connectivity index (χ4n) is 3.07. The lowest BCUT2D eigenvalue weighted by Crippen LogP contribution is -2.22. The van der Waals surface area contributed by atoms with Crippen LogP contribution in [0.3, 0.4) is 0 Å². The third-order valence-corrected chi connectivity index (χ3v) is 6.29. The highest BCUT2D eigenvalue weighted by atomic mass is 32.2. The minimum absolute atomic E-state index is 0.0704. The largest absolute Gasteiger partial charge is 0.301 e. The molecule has 3 aromatic carbocycles. The maximum atomic E-state index is 13.2. The Hall–Kier alpha value is -2.89. The first-order valence-electron chi connectivity index (χ1n) is 9.32. The number of nitrogens with one attached hydrogen (secondary N) is 1. The third kappa shape index (κ3) is 5.13. The van der Waals surface area contributed by atoms with Gasteiger partial charge in [-0.1, -0.05) is 78.9 Å². The molecule has 29 heavy (non-hydrogen) atoms. The minimum Gasteiger partial charge on any atom is -0.301 e. The molecule has 1 amide bonds. The topological polar surface area (TPSA) is 42.0 Å². The molecular weight excluding hydrogens is 396 g/mol. The lowest BCUT2D eigenvalue weighted by Gasteiger charge is -2.17. The van der Waals surface area contributed by atoms with Crippen molar-refractivity contribution < 1.29 is 4.79 Å². The van der Waals surface area contributed by atoms with E-state index in [1.54, 1.807) is 11.8 Å². The van der Waals surface area contributed by atoms with E-state index in [2.05, 4.69) is 22.4 Å². The van der Waals surface area contributed by atoms with Crippen LogP contribution in [-0.2, 0) is 10.5 Å². The monoisotopic (exact) mass is 416 g/mol. The van der Waals surface area contributed by atoms with Crippen LogP contribution in [0.1, 0.15) is 22.7 Å². The van der Waals surface area contributed by atoms with Gasteiger partial charge in [0.2, 0.25) is 5.91 Å². The summed E-state index contributed by atoms with van der Waals surface area (Å²) >= 11 is 3.20. The molecule has 0 spiro atoms. The second kappa shape index (κ2) is 9.54. The fourth-order valence-corrected chi connectivity index (χ4v) is 4.70. The van der Waals surface area contributed by atoms with Crippen molar-refractivity contribution in [3.8, 4) is 0 Å². The Morgan fingerprint density at radius 2 is 1.41 bits per heavy atom. The van der Waals surface area contributed by atoms with Gasteiger partial charge < -0.3 is 5.32 Å². The van der Waals surface area contributed by atoms with Gasteiger partial charge in [0.05, 0.1) is 11.6 Å². The van der Waals surface area contributed by atoms with Crippen LogP contribution in [0.4, 0.5) is 5.13 Å². The van der Waals surface area contributed by atoms with Crippen molar-refractivity contribution in [3.63, 3.8) is 0 Å². The molecule has 1 aromatic heterocycles. The zero-order valence-corrected chi connectivity index (χ0v) is 17.3. The maximum Gasteiger partial charge on any atom is 0.238 e. The molecule has 144 valence electrons. The number of benzene rings is 3. The summed E-state index contributed by atoms with van der Waals surface area (Å²) in [6.45, 7) is 0. The molecule has 0 aliphatic carbocycles. The molecule has 0 aliphatic heterocycles. The van der Waals surface area contributed by atoms with E-state index in [0.29, 0.717) is 5.13 Å². The van der Waals surface area contributed by atoms with Gasteiger partial charge in [-0.25, -0.2) is 4.98 Å². The van der Waals surface area contributed by atoms with E-state index in [1.165, 1.54) is 16.2 Å². The molecule has 1 heterocycles. The molecule has 0 unspecified atom stereocenters. The van der Waals surface area contributed by atoms with E-state index in [-0.39, 0.29) is 11.8 Å². The second-order valence-electron chi connectivity index (χ2n) is 6.49. The number of rotatable bonds is 7. The van der Waals surface area contributed by atoms with Crippen LogP contribution in [0.25, 0.3) is 0 Å². The van der Waals surface area contributed by atoms with Crippen molar-refractivity contribution in [2.75, 3.05) is 5.32 Å². The van der Waals surface area contributed by atoms with Gasteiger partial charge in [0.25, 0.3) is 0 Å². The number of aromatic nitrogens is 1. The molecule has 3 nitrogen and oxygen atoms in total. The Morgan fingerprint density at radius 3 is 2.00 bits per heavy atom. The molecule has 0 aliphatic rings. The third-order valence-electron chi connectivity index (χ3n) is 4.44. The molecule has 1 N–H and O–H groups in total. The highest BCUT2D eigenvalue weighted by molar-refractivity contribution is 7.98. The van der Waals surface area contributed by atoms with Gasteiger partial charge >= 0.3 is 0 Å². The SMILES string of the molecule is O=C(Nc1nc(CSc2ccccc2)cs1)C(c1ccccc1)c1ccccc1. The molecule has 0 radical (unpaired) electrons. The van der Waals surface area contributed by atoms with Gasteiger partial charge in [-0.15, -0.1) is 23.1 Å². The zero-order chi connectivity index (χ0) is 19.9. The Morgan fingerprint density at radius 1 is 0.862 bits per heavy atom. The van der Waals surface area contributed by atoms with Crippen molar-refractivity contribution in [2.24, 2.45) is 0 Å². The smallest absolute Gasteiger partial charge is 0.238 e. The highest BCUT2D eigenvalue weighted by Gasteiger charge is 2.23. The highest BCUT2D eigenvalue weighted by Crippen LogP contribution is 2.28. The van der Waals surface area contributed by atoms with E-state index in [0.717, 1.165) is 22.6 Å². The van der Waals surface area contributed by atoms with Crippen LogP contribution in [-0.4, -0.2) is 10.9 Å². The number of nitrogens with zero attached hydrogens (tertiary/aromatic N) is 1. The average molecular weight is 417 g/mol. The number of hydrogen-bond acceptors (Lipinski definition) is 4. The Bertz CT molecular complexity index is 1010. The van der Waals surface area contributed by atoms with Crippen molar-refractivity contribution >= 4 is 34.1 Å². The molecule has 4 aromatic rings. The molecule has 4 rings (SSSR count). The van der Waals surface area contributed by atoms with Crippen LogP contribution in [0, 0.1) is 0 Å². The first-order valence-corrected chi connectivity index (χ1v) is 11.2. The van der Waals surface area contributed by atoms with E-state index in [1.807, 2.05) is 84.2 Å². The molecule has 0 atom stereocenters. The van der Waals surface area contributed by atoms with Gasteiger partial charge in [-0.05, 0) is 23.3 Å². The van der Waals surface area contributed by atoms with Crippen LogP contribution < -0.4 is 5.32 Å². The first-order chi connectivity index (χ1) is 14.3. The number of anilines is 1. The van der Waals surface area contributed by atoms with Crippen molar-refractivity contribution in [1.82, 2.24) is 4.98 Å². The number of carbonyl (C=O) groups excluding carboxylic acids is 1. The van der Waals surface area contributed by atoms with E-state index in [4.69, 9.17) is 0 Å². The maximum absolute atomic E-state index is 13.2. The second-order valence-corrected chi connectivity index (χ2v) is 8.40. The zero-order valence-electron chi connectivity index (χ0n) is 15.7. The summed E-state index contributed by atoms with van der Waals surface area (Å²) in [5.41, 5.74) is 2.90. The van der Waals surface area contributed by atoms with Crippen LogP contribution in [0.5, 0.6) is 0 Å². The summed E-state index contributed by atoms with van der Waals surface area (Å²) in [7, 11) is 0. The molecule has 5 heteroatoms. The lowest BCUT2D eigenvalue weighted by molar-refractivity contribution is -0.116. The van der Waals surface area contributed by atoms with Crippen molar-refractivity contribution in [3.05, 3.63) is 113 Å². The summed E-state index contributed by atoms with van der Waals surface area (Å²) in [5.74, 6) is 0.333. The van der Waals surface area contributed by atoms with Gasteiger partial charge in [-0.2, -0.15) is 0 Å². The van der Waals surface area contributed by atoms with Crippen molar-refractivity contribution in [1.29, 1.82) is 0 Å². The summed E-state index contributed by atoms with van der Waals surface area (Å²) in [6.07, 6.45) is 0. The predicted octanol–water partition coefficient (Wildman–Crippen LogP) is 6.21. The fraction of sp³-hybridized carbons (Fsp3) is 0.0833. The minimum atomic E-state index is -0.372. The Balaban J connectivity index is 1.47. The average Bonchev–Trinajstić information content (AvgIpc) is 3.22. The lowest BCUT2D eigenvalue weighted by atomic mass is 9.90. The number of thioether (sulfide) groups is 1. The molecule has 0 saturated carbocycles. The van der Waals surface area contributed by atoms with Gasteiger partial charge in [0.15, 0.2) is 5.13 Å². The normalized spacial score (nSPS) is 10.8. The predicted molar refractivity (Wildman–Crippen MR) is 121 cm³/mol. The van der Waals surface area contributed by atoms with Gasteiger partial charge in [0, 0.05) is 16.0 Å². The number of carbonyl (C=O) groups is 1. The first kappa shape index (κ1) is 19.4. The van der Waals surface area contributed by atoms with E-state index >= 15 is 0 Å². The van der Waals surface area contributed by atoms with E-state index < -0.39 is 0 Å². The number of thiazole rings is 1. The summed E-state index contributed by atoms with van der Waals surface area (Å²) in [5, 5.41) is 5.66. The summed E-state index contributed by atoms with van der Waals surface area (Å²) in [6, 6.07) is 29.9. The summed E-state index contributed by atoms with van der Waals surface area (Å²) in [4.78, 5) is 19.0. The van der Waals surface area contributed by atoms with E-state index in [9.17, 15) is 4.79 Å². The molecule has 0 fully saturated rings. The molecule has 0 saturated heterocycles. The standard InChI is InChI=1S/C24H20N2OS2/c27-23(22(18-10-4-1-5-11-18)19-12-6-2-7-13-19)26-24-25-20(17-29-24)16-28-21-14-8-3-9-15-21/h1-15,17,22H,16H2,(H,25,26,27). The van der Waals surface area contributed by atoms with Gasteiger partial charge in [0.1, 0.15) is 0 Å². The number of hydrogen-bond donors (Lipinski definition) is 1. The van der Waals surface area contributed by atoms with Crippen LogP contribution in [0.2, 0.25) is 0 Å². The van der Waals surface area contributed by atoms with Crippen molar-refractivity contribution in [2.45, 2.75) is 16.6 Å². The summed E-state index contributed by atoms with van der Waals surface area (Å²) < 4.78 is 0. The van der Waals surface area contributed by atoms with Crippen LogP contribution in [0.15, 0.2) is 101 Å². The quantitative estimate of drug-likeness (QED) is 0.364. The molecule has 0 bridgehead atoms. The Kier molecular flexibility index (Phi) is 6.39. The Labute approximate surface area is 178 Å². The van der Waals surface area contributed by atoms with Crippen LogP contribution >= 0.6 is 23.1 Å². The number of amides is 1.